The number of carboxylic acids is 1. The largest absolute Gasteiger partial charge is 0.480 e. The first-order chi connectivity index (χ1) is 16.8. The fourth-order valence-corrected chi connectivity index (χ4v) is 3.24. The molecule has 0 aliphatic heterocycles. The van der Waals surface area contributed by atoms with Crippen LogP contribution in [0.4, 0.5) is 0 Å². The smallest absolute Gasteiger partial charge is 0.326 e. The fourth-order valence-electron chi connectivity index (χ4n) is 3.24. The van der Waals surface area contributed by atoms with Gasteiger partial charge in [-0.15, -0.1) is 0 Å². The second-order valence-corrected chi connectivity index (χ2v) is 8.73. The van der Waals surface area contributed by atoms with Crippen LogP contribution in [0.1, 0.15) is 65.2 Å². The summed E-state index contributed by atoms with van der Waals surface area (Å²) in [6.45, 7) is 4.01. The van der Waals surface area contributed by atoms with Crippen LogP contribution >= 0.6 is 0 Å². The number of nitrogens with two attached hydrogens (primary N) is 4. The number of rotatable bonds is 19. The van der Waals surface area contributed by atoms with Gasteiger partial charge in [0.05, 0.1) is 6.04 Å². The number of aliphatic carboxylic acids is 1. The predicted octanol–water partition coefficient (Wildman–Crippen LogP) is -2.44. The van der Waals surface area contributed by atoms with Gasteiger partial charge < -0.3 is 44.0 Å². The molecule has 14 heteroatoms. The molecule has 14 nitrogen and oxygen atoms in total. The summed E-state index contributed by atoms with van der Waals surface area (Å²) in [5.74, 6) is -5.37. The highest BCUT2D eigenvalue weighted by molar-refractivity contribution is 5.94. The zero-order valence-corrected chi connectivity index (χ0v) is 21.0. The average molecular weight is 516 g/mol. The van der Waals surface area contributed by atoms with Crippen molar-refractivity contribution in [2.45, 2.75) is 89.4 Å². The second kappa shape index (κ2) is 17.2. The quantitative estimate of drug-likeness (QED) is 0.0848. The summed E-state index contributed by atoms with van der Waals surface area (Å²) >= 11 is 0. The van der Waals surface area contributed by atoms with Gasteiger partial charge >= 0.3 is 5.97 Å². The summed E-state index contributed by atoms with van der Waals surface area (Å²) in [5.41, 5.74) is 21.6. The molecule has 0 aliphatic carbocycles. The van der Waals surface area contributed by atoms with Crippen molar-refractivity contribution in [3.8, 4) is 0 Å². The van der Waals surface area contributed by atoms with Gasteiger partial charge in [-0.05, 0) is 38.1 Å². The maximum absolute atomic E-state index is 13.1. The molecule has 0 rings (SSSR count). The van der Waals surface area contributed by atoms with Gasteiger partial charge in [0.15, 0.2) is 0 Å². The molecule has 5 unspecified atom stereocenters. The Hall–Kier alpha value is -3.26. The number of primary amides is 2. The van der Waals surface area contributed by atoms with Gasteiger partial charge in [0, 0.05) is 12.8 Å². The van der Waals surface area contributed by atoms with Gasteiger partial charge in [-0.25, -0.2) is 4.79 Å². The van der Waals surface area contributed by atoms with Crippen molar-refractivity contribution in [2.75, 3.05) is 6.54 Å². The van der Waals surface area contributed by atoms with E-state index < -0.39 is 59.7 Å². The highest BCUT2D eigenvalue weighted by Crippen LogP contribution is 2.11. The summed E-state index contributed by atoms with van der Waals surface area (Å²) < 4.78 is 0. The van der Waals surface area contributed by atoms with Crippen LogP contribution in [-0.4, -0.2) is 71.3 Å². The molecule has 0 fully saturated rings. The van der Waals surface area contributed by atoms with Gasteiger partial charge in [-0.1, -0.05) is 26.7 Å². The molecule has 0 aromatic rings. The molecule has 0 saturated heterocycles. The second-order valence-electron chi connectivity index (χ2n) is 8.73. The minimum absolute atomic E-state index is 0.213. The summed E-state index contributed by atoms with van der Waals surface area (Å²) in [4.78, 5) is 72.3. The molecular formula is C22H41N7O7. The molecule has 0 aromatic carbocycles. The molecule has 5 amide bonds. The summed E-state index contributed by atoms with van der Waals surface area (Å²) in [6, 6.07) is -4.68. The minimum Gasteiger partial charge on any atom is -0.480 e. The van der Waals surface area contributed by atoms with Gasteiger partial charge in [-0.3, -0.25) is 24.0 Å². The number of carbonyl (C=O) groups is 6. The highest BCUT2D eigenvalue weighted by Gasteiger charge is 2.32. The lowest BCUT2D eigenvalue weighted by Crippen LogP contribution is -2.58. The van der Waals surface area contributed by atoms with Crippen LogP contribution in [0.25, 0.3) is 0 Å². The van der Waals surface area contributed by atoms with Crippen molar-refractivity contribution < 1.29 is 33.9 Å². The molecule has 0 bridgehead atoms. The molecular weight excluding hydrogens is 474 g/mol. The SMILES string of the molecule is CCC(C)C(NC(=O)C(N)CCCCN)C(=O)NC(CCC(N)=O)C(=O)NC(CCC(N)=O)C(=O)O. The lowest BCUT2D eigenvalue weighted by Gasteiger charge is -2.28. The molecule has 0 radical (unpaired) electrons. The molecule has 12 N–H and O–H groups in total. The van der Waals surface area contributed by atoms with Crippen molar-refractivity contribution >= 4 is 35.5 Å². The molecule has 0 spiro atoms. The van der Waals surface area contributed by atoms with E-state index in [0.717, 1.165) is 0 Å². The Morgan fingerprint density at radius 1 is 0.778 bits per heavy atom. The number of nitrogens with one attached hydrogen (secondary N) is 3. The standard InChI is InChI=1S/C22H41N7O7/c1-3-12(2)18(29-19(32)13(24)6-4-5-11-23)21(34)27-14(7-9-16(25)30)20(33)28-15(22(35)36)8-10-17(26)31/h12-15,18H,3-11,23-24H2,1-2H3,(H2,25,30)(H2,26,31)(H,27,34)(H,28,33)(H,29,32)(H,35,36). The van der Waals surface area contributed by atoms with E-state index in [-0.39, 0.29) is 31.6 Å². The molecule has 5 atom stereocenters. The lowest BCUT2D eigenvalue weighted by atomic mass is 9.96. The van der Waals surface area contributed by atoms with Crippen LogP contribution in [0.15, 0.2) is 0 Å². The third-order valence-corrected chi connectivity index (χ3v) is 5.71. The van der Waals surface area contributed by atoms with E-state index in [1.165, 1.54) is 0 Å². The topological polar surface area (TPSA) is 263 Å². The van der Waals surface area contributed by atoms with Gasteiger partial charge in [0.25, 0.3) is 0 Å². The number of hydrogen-bond acceptors (Lipinski definition) is 8. The Bertz CT molecular complexity index is 778. The number of carboxylic acid groups (broad SMARTS) is 1. The summed E-state index contributed by atoms with van der Waals surface area (Å²) in [6.07, 6.45) is 1.18. The van der Waals surface area contributed by atoms with Crippen LogP contribution in [0.2, 0.25) is 0 Å². The van der Waals surface area contributed by atoms with Crippen LogP contribution in [0, 0.1) is 5.92 Å². The molecule has 0 aromatic heterocycles. The Kier molecular flexibility index (Phi) is 15.7. The van der Waals surface area contributed by atoms with E-state index in [1.807, 2.05) is 6.92 Å². The van der Waals surface area contributed by atoms with Crippen molar-refractivity contribution in [1.29, 1.82) is 0 Å². The lowest BCUT2D eigenvalue weighted by molar-refractivity contribution is -0.143. The van der Waals surface area contributed by atoms with E-state index >= 15 is 0 Å². The highest BCUT2D eigenvalue weighted by atomic mass is 16.4. The first-order valence-corrected chi connectivity index (χ1v) is 12.0. The number of hydrogen-bond donors (Lipinski definition) is 8. The fraction of sp³-hybridized carbons (Fsp3) is 0.727. The third kappa shape index (κ3) is 13.0. The molecule has 206 valence electrons. The molecule has 36 heavy (non-hydrogen) atoms. The van der Waals surface area contributed by atoms with Gasteiger partial charge in [0.2, 0.25) is 29.5 Å². The number of unbranched alkanes of at least 4 members (excludes halogenated alkanes) is 1. The molecule has 0 aliphatic rings. The average Bonchev–Trinajstić information content (AvgIpc) is 2.81. The normalized spacial score (nSPS) is 15.0. The molecule has 0 heterocycles. The monoisotopic (exact) mass is 515 g/mol. The van der Waals surface area contributed by atoms with Crippen molar-refractivity contribution in [2.24, 2.45) is 28.9 Å². The van der Waals surface area contributed by atoms with Crippen LogP contribution in [0.5, 0.6) is 0 Å². The summed E-state index contributed by atoms with van der Waals surface area (Å²) in [5, 5.41) is 16.7. The van der Waals surface area contributed by atoms with E-state index in [2.05, 4.69) is 16.0 Å². The van der Waals surface area contributed by atoms with Crippen molar-refractivity contribution in [3.63, 3.8) is 0 Å². The van der Waals surface area contributed by atoms with E-state index in [9.17, 15) is 33.9 Å². The van der Waals surface area contributed by atoms with Gasteiger partial charge in [-0.2, -0.15) is 0 Å². The Morgan fingerprint density at radius 3 is 1.78 bits per heavy atom. The Labute approximate surface area is 210 Å². The first kappa shape index (κ1) is 32.7. The maximum Gasteiger partial charge on any atom is 0.326 e. The zero-order chi connectivity index (χ0) is 27.8. The zero-order valence-electron chi connectivity index (χ0n) is 21.0. The molecule has 0 saturated carbocycles. The number of carbonyl (C=O) groups excluding carboxylic acids is 5. The van der Waals surface area contributed by atoms with Crippen molar-refractivity contribution in [3.05, 3.63) is 0 Å². The van der Waals surface area contributed by atoms with Crippen LogP contribution < -0.4 is 38.9 Å². The minimum atomic E-state index is -1.45. The third-order valence-electron chi connectivity index (χ3n) is 5.71. The predicted molar refractivity (Wildman–Crippen MR) is 131 cm³/mol. The maximum atomic E-state index is 13.1. The van der Waals surface area contributed by atoms with E-state index in [0.29, 0.717) is 32.2 Å². The number of amides is 5. The Balaban J connectivity index is 5.56. The van der Waals surface area contributed by atoms with Crippen LogP contribution in [0.3, 0.4) is 0 Å². The first-order valence-electron chi connectivity index (χ1n) is 12.0. The van der Waals surface area contributed by atoms with Gasteiger partial charge in [0.1, 0.15) is 18.1 Å². The van der Waals surface area contributed by atoms with E-state index in [1.54, 1.807) is 6.92 Å². The van der Waals surface area contributed by atoms with Crippen LogP contribution in [-0.2, 0) is 28.8 Å². The summed E-state index contributed by atoms with van der Waals surface area (Å²) in [7, 11) is 0. The Morgan fingerprint density at radius 2 is 1.31 bits per heavy atom. The van der Waals surface area contributed by atoms with Crippen molar-refractivity contribution in [1.82, 2.24) is 16.0 Å². The van der Waals surface area contributed by atoms with E-state index in [4.69, 9.17) is 22.9 Å².